The molecular weight excluding hydrogens is 368 g/mol. The molecule has 7 heteroatoms. The van der Waals surface area contributed by atoms with E-state index in [1.165, 1.54) is 11.9 Å². The van der Waals surface area contributed by atoms with E-state index in [4.69, 9.17) is 9.47 Å². The monoisotopic (exact) mass is 396 g/mol. The molecule has 0 bridgehead atoms. The van der Waals surface area contributed by atoms with E-state index in [-0.39, 0.29) is 12.6 Å². The van der Waals surface area contributed by atoms with Gasteiger partial charge in [-0.15, -0.1) is 0 Å². The molecule has 0 saturated heterocycles. The predicted octanol–water partition coefficient (Wildman–Crippen LogP) is 2.85. The highest BCUT2D eigenvalue weighted by molar-refractivity contribution is 5.34. The highest BCUT2D eigenvalue weighted by Gasteiger charge is 2.16. The quantitative estimate of drug-likeness (QED) is 0.568. The summed E-state index contributed by atoms with van der Waals surface area (Å²) in [5.41, 5.74) is 3.18. The highest BCUT2D eigenvalue weighted by atomic mass is 16.5. The van der Waals surface area contributed by atoms with Gasteiger partial charge in [-0.2, -0.15) is 5.10 Å². The minimum absolute atomic E-state index is 0.163. The smallest absolute Gasteiger partial charge is 0.138 e. The Hall–Kier alpha value is -2.74. The minimum atomic E-state index is -0.560. The minimum Gasteiger partial charge on any atom is -0.497 e. The van der Waals surface area contributed by atoms with Crippen LogP contribution in [0.15, 0.2) is 61.2 Å². The number of benzene rings is 2. The molecule has 0 saturated carbocycles. The van der Waals surface area contributed by atoms with Crippen LogP contribution in [0.4, 0.5) is 0 Å². The molecule has 1 heterocycles. The first-order chi connectivity index (χ1) is 14.1. The van der Waals surface area contributed by atoms with Gasteiger partial charge in [-0.05, 0) is 49.4 Å². The molecule has 3 aromatic rings. The summed E-state index contributed by atoms with van der Waals surface area (Å²) in [6.45, 7) is 3.39. The van der Waals surface area contributed by atoms with Crippen molar-refractivity contribution in [2.45, 2.75) is 25.7 Å². The third kappa shape index (κ3) is 5.87. The lowest BCUT2D eigenvalue weighted by atomic mass is 10.1. The van der Waals surface area contributed by atoms with Gasteiger partial charge in [0.25, 0.3) is 0 Å². The molecule has 0 aliphatic carbocycles. The number of aromatic nitrogens is 3. The maximum Gasteiger partial charge on any atom is 0.138 e. The summed E-state index contributed by atoms with van der Waals surface area (Å²) in [4.78, 5) is 6.08. The fourth-order valence-corrected chi connectivity index (χ4v) is 3.08. The van der Waals surface area contributed by atoms with Crippen LogP contribution in [-0.4, -0.2) is 58.2 Å². The van der Waals surface area contributed by atoms with E-state index >= 15 is 0 Å². The Morgan fingerprint density at radius 3 is 2.45 bits per heavy atom. The fourth-order valence-electron chi connectivity index (χ4n) is 3.08. The van der Waals surface area contributed by atoms with Gasteiger partial charge in [-0.3, -0.25) is 4.90 Å². The second-order valence-corrected chi connectivity index (χ2v) is 7.06. The number of nitrogens with zero attached hydrogens (tertiary/aromatic N) is 4. The van der Waals surface area contributed by atoms with E-state index in [2.05, 4.69) is 34.0 Å². The molecule has 0 spiro atoms. The van der Waals surface area contributed by atoms with Crippen molar-refractivity contribution in [2.24, 2.45) is 0 Å². The maximum absolute atomic E-state index is 10.3. The third-order valence-corrected chi connectivity index (χ3v) is 4.96. The van der Waals surface area contributed by atoms with E-state index in [1.807, 2.05) is 43.4 Å². The molecule has 29 heavy (non-hydrogen) atoms. The Labute approximate surface area is 171 Å². The van der Waals surface area contributed by atoms with Crippen molar-refractivity contribution in [1.29, 1.82) is 0 Å². The standard InChI is InChI=1S/C22H28N4O3/c1-17(19-6-8-20(9-7-19)26-16-23-15-24-26)25(2)12-21(27)14-29-13-18-4-10-22(28-3)11-5-18/h4-11,15-17,21,27H,12-14H2,1-3H3. The van der Waals surface area contributed by atoms with Crippen LogP contribution in [0.5, 0.6) is 5.75 Å². The number of rotatable bonds is 10. The van der Waals surface area contributed by atoms with Gasteiger partial charge in [0.1, 0.15) is 18.4 Å². The number of ether oxygens (including phenoxy) is 2. The summed E-state index contributed by atoms with van der Waals surface area (Å²) in [6, 6.07) is 16.1. The van der Waals surface area contributed by atoms with Crippen LogP contribution in [0.2, 0.25) is 0 Å². The normalized spacial score (nSPS) is 13.4. The van der Waals surface area contributed by atoms with Gasteiger partial charge in [-0.25, -0.2) is 9.67 Å². The van der Waals surface area contributed by atoms with Crippen molar-refractivity contribution in [2.75, 3.05) is 27.3 Å². The van der Waals surface area contributed by atoms with Crippen LogP contribution in [0.25, 0.3) is 5.69 Å². The summed E-state index contributed by atoms with van der Waals surface area (Å²) >= 11 is 0. The molecule has 0 aliphatic heterocycles. The van der Waals surface area contributed by atoms with Crippen LogP contribution < -0.4 is 4.74 Å². The van der Waals surface area contributed by atoms with Crippen molar-refractivity contribution < 1.29 is 14.6 Å². The van der Waals surface area contributed by atoms with Crippen molar-refractivity contribution in [1.82, 2.24) is 19.7 Å². The number of aliphatic hydroxyl groups excluding tert-OH is 1. The summed E-state index contributed by atoms with van der Waals surface area (Å²) in [5, 5.41) is 14.5. The molecule has 0 aliphatic rings. The van der Waals surface area contributed by atoms with E-state index in [0.717, 1.165) is 17.0 Å². The Bertz CT molecular complexity index is 851. The molecule has 7 nitrogen and oxygen atoms in total. The van der Waals surface area contributed by atoms with Crippen molar-refractivity contribution >= 4 is 0 Å². The van der Waals surface area contributed by atoms with E-state index in [9.17, 15) is 5.11 Å². The molecule has 0 radical (unpaired) electrons. The molecule has 154 valence electrons. The number of likely N-dealkylation sites (N-methyl/N-ethyl adjacent to an activating group) is 1. The first-order valence-corrected chi connectivity index (χ1v) is 9.60. The molecule has 1 aromatic heterocycles. The lowest BCUT2D eigenvalue weighted by Gasteiger charge is -2.27. The van der Waals surface area contributed by atoms with Crippen LogP contribution >= 0.6 is 0 Å². The summed E-state index contributed by atoms with van der Waals surface area (Å²) in [5.74, 6) is 0.818. The Kier molecular flexibility index (Phi) is 7.35. The van der Waals surface area contributed by atoms with Gasteiger partial charge in [0.05, 0.1) is 32.1 Å². The predicted molar refractivity (Wildman–Crippen MR) is 111 cm³/mol. The van der Waals surface area contributed by atoms with Gasteiger partial charge < -0.3 is 14.6 Å². The molecule has 3 rings (SSSR count). The molecule has 1 N–H and O–H groups in total. The van der Waals surface area contributed by atoms with Crippen LogP contribution in [0.1, 0.15) is 24.1 Å². The zero-order valence-corrected chi connectivity index (χ0v) is 17.1. The zero-order chi connectivity index (χ0) is 20.6. The molecule has 2 unspecified atom stereocenters. The first-order valence-electron chi connectivity index (χ1n) is 9.60. The molecule has 0 amide bonds. The number of aliphatic hydroxyl groups is 1. The summed E-state index contributed by atoms with van der Waals surface area (Å²) in [6.07, 6.45) is 2.63. The average molecular weight is 396 g/mol. The first kappa shape index (κ1) is 21.0. The third-order valence-electron chi connectivity index (χ3n) is 4.96. The molecule has 0 fully saturated rings. The fraction of sp³-hybridized carbons (Fsp3) is 0.364. The van der Waals surface area contributed by atoms with Gasteiger partial charge in [-0.1, -0.05) is 24.3 Å². The highest BCUT2D eigenvalue weighted by Crippen LogP contribution is 2.20. The average Bonchev–Trinajstić information content (AvgIpc) is 3.28. The molecular formula is C22H28N4O3. The number of hydrogen-bond acceptors (Lipinski definition) is 6. The lowest BCUT2D eigenvalue weighted by Crippen LogP contribution is -2.34. The van der Waals surface area contributed by atoms with Crippen molar-refractivity contribution in [3.8, 4) is 11.4 Å². The second kappa shape index (κ2) is 10.2. The molecule has 2 atom stereocenters. The van der Waals surface area contributed by atoms with Crippen molar-refractivity contribution in [3.05, 3.63) is 72.3 Å². The van der Waals surface area contributed by atoms with E-state index in [1.54, 1.807) is 18.1 Å². The zero-order valence-electron chi connectivity index (χ0n) is 17.1. The van der Waals surface area contributed by atoms with E-state index < -0.39 is 6.10 Å². The summed E-state index contributed by atoms with van der Waals surface area (Å²) < 4.78 is 12.5. The SMILES string of the molecule is COc1ccc(COCC(O)CN(C)C(C)c2ccc(-n3cncn3)cc2)cc1. The van der Waals surface area contributed by atoms with E-state index in [0.29, 0.717) is 13.2 Å². The maximum atomic E-state index is 10.3. The van der Waals surface area contributed by atoms with Gasteiger partial charge in [0.2, 0.25) is 0 Å². The topological polar surface area (TPSA) is 72.6 Å². The van der Waals surface area contributed by atoms with Crippen LogP contribution in [-0.2, 0) is 11.3 Å². The second-order valence-electron chi connectivity index (χ2n) is 7.06. The molecule has 2 aromatic carbocycles. The Morgan fingerprint density at radius 2 is 1.83 bits per heavy atom. The Balaban J connectivity index is 1.45. The number of methoxy groups -OCH3 is 1. The summed E-state index contributed by atoms with van der Waals surface area (Å²) in [7, 11) is 3.65. The Morgan fingerprint density at radius 1 is 1.10 bits per heavy atom. The van der Waals surface area contributed by atoms with Crippen molar-refractivity contribution in [3.63, 3.8) is 0 Å². The number of hydrogen-bond donors (Lipinski definition) is 1. The van der Waals surface area contributed by atoms with Gasteiger partial charge >= 0.3 is 0 Å². The lowest BCUT2D eigenvalue weighted by molar-refractivity contribution is 0.00852. The van der Waals surface area contributed by atoms with Gasteiger partial charge in [0, 0.05) is 12.6 Å². The van der Waals surface area contributed by atoms with Crippen LogP contribution in [0, 0.1) is 0 Å². The largest absolute Gasteiger partial charge is 0.497 e. The van der Waals surface area contributed by atoms with Crippen LogP contribution in [0.3, 0.4) is 0 Å². The van der Waals surface area contributed by atoms with Gasteiger partial charge in [0.15, 0.2) is 0 Å².